The number of pyridine rings is 1. The summed E-state index contributed by atoms with van der Waals surface area (Å²) in [7, 11) is -1.62. The summed E-state index contributed by atoms with van der Waals surface area (Å²) in [5.74, 6) is 0.901. The van der Waals surface area contributed by atoms with Crippen molar-refractivity contribution in [3.8, 4) is 17.1 Å². The number of amides is 1. The number of rotatable bonds is 8. The van der Waals surface area contributed by atoms with Gasteiger partial charge in [0.1, 0.15) is 11.4 Å². The van der Waals surface area contributed by atoms with E-state index in [2.05, 4.69) is 25.7 Å². The van der Waals surface area contributed by atoms with Crippen LogP contribution in [-0.4, -0.2) is 70.3 Å². The van der Waals surface area contributed by atoms with E-state index in [4.69, 9.17) is 4.74 Å². The van der Waals surface area contributed by atoms with Crippen LogP contribution in [0.4, 0.5) is 0 Å². The molecule has 1 atom stereocenters. The summed E-state index contributed by atoms with van der Waals surface area (Å²) in [4.78, 5) is 18.6. The van der Waals surface area contributed by atoms with E-state index in [0.717, 1.165) is 24.2 Å². The van der Waals surface area contributed by atoms with Crippen molar-refractivity contribution in [2.45, 2.75) is 32.9 Å². The molecule has 1 aromatic carbocycles. The lowest BCUT2D eigenvalue weighted by Crippen LogP contribution is -2.40. The molecule has 0 radical (unpaired) electrons. The Balaban J connectivity index is 1.43. The first-order valence-corrected chi connectivity index (χ1v) is 13.2. The third-order valence-corrected chi connectivity index (χ3v) is 7.13. The molecule has 3 heterocycles. The van der Waals surface area contributed by atoms with Gasteiger partial charge < -0.3 is 10.1 Å². The highest BCUT2D eigenvalue weighted by atomic mass is 32.2. The Morgan fingerprint density at radius 3 is 2.86 bits per heavy atom. The van der Waals surface area contributed by atoms with Gasteiger partial charge in [-0.15, -0.1) is 10.2 Å². The molecular formula is C23H29N7O4S. The first kappa shape index (κ1) is 24.7. The molecule has 1 N–H and O–H groups in total. The van der Waals surface area contributed by atoms with Gasteiger partial charge in [-0.2, -0.15) is 4.80 Å². The van der Waals surface area contributed by atoms with Gasteiger partial charge in [0.2, 0.25) is 15.8 Å². The van der Waals surface area contributed by atoms with E-state index in [-0.39, 0.29) is 17.5 Å². The van der Waals surface area contributed by atoms with Crippen molar-refractivity contribution in [2.24, 2.45) is 5.92 Å². The monoisotopic (exact) mass is 499 g/mol. The molecule has 0 saturated carbocycles. The highest BCUT2D eigenvalue weighted by molar-refractivity contribution is 7.88. The smallest absolute Gasteiger partial charge is 0.270 e. The lowest BCUT2D eigenvalue weighted by atomic mass is 10.00. The Kier molecular flexibility index (Phi) is 7.41. The molecule has 0 bridgehead atoms. The SMILES string of the molecule is COc1cccc(CNC(=O)c2cc(-c3nnn(CC4CCCN(S(C)(=O)=O)C4)n3)cc(C)n2)c1. The molecular weight excluding hydrogens is 470 g/mol. The normalized spacial score (nSPS) is 16.7. The van der Waals surface area contributed by atoms with E-state index in [1.807, 2.05) is 24.3 Å². The number of carbonyl (C=O) groups is 1. The zero-order valence-corrected chi connectivity index (χ0v) is 20.8. The van der Waals surface area contributed by atoms with Crippen LogP contribution in [0.15, 0.2) is 36.4 Å². The lowest BCUT2D eigenvalue weighted by molar-refractivity contribution is 0.0945. The van der Waals surface area contributed by atoms with E-state index < -0.39 is 10.0 Å². The van der Waals surface area contributed by atoms with Crippen LogP contribution >= 0.6 is 0 Å². The number of carbonyl (C=O) groups excluding carboxylic acids is 1. The van der Waals surface area contributed by atoms with Gasteiger partial charge in [0, 0.05) is 30.9 Å². The van der Waals surface area contributed by atoms with Crippen LogP contribution in [0.5, 0.6) is 5.75 Å². The second-order valence-corrected chi connectivity index (χ2v) is 10.7. The minimum absolute atomic E-state index is 0.109. The summed E-state index contributed by atoms with van der Waals surface area (Å²) in [6.07, 6.45) is 2.93. The molecule has 186 valence electrons. The Morgan fingerprint density at radius 2 is 2.09 bits per heavy atom. The molecule has 1 amide bonds. The Labute approximate surface area is 204 Å². The van der Waals surface area contributed by atoms with Crippen molar-refractivity contribution < 1.29 is 17.9 Å². The van der Waals surface area contributed by atoms with Crippen LogP contribution in [-0.2, 0) is 23.1 Å². The van der Waals surface area contributed by atoms with Crippen LogP contribution in [0.1, 0.15) is 34.6 Å². The quantitative estimate of drug-likeness (QED) is 0.495. The zero-order valence-electron chi connectivity index (χ0n) is 20.0. The molecule has 4 rings (SSSR count). The topological polar surface area (TPSA) is 132 Å². The number of sulfonamides is 1. The van der Waals surface area contributed by atoms with Crippen LogP contribution in [0.2, 0.25) is 0 Å². The Bertz CT molecular complexity index is 1310. The number of aromatic nitrogens is 5. The van der Waals surface area contributed by atoms with Crippen LogP contribution in [0, 0.1) is 12.8 Å². The number of ether oxygens (including phenoxy) is 1. The number of nitrogens with one attached hydrogen (secondary N) is 1. The van der Waals surface area contributed by atoms with Crippen molar-refractivity contribution in [1.29, 1.82) is 0 Å². The van der Waals surface area contributed by atoms with E-state index in [9.17, 15) is 13.2 Å². The molecule has 1 unspecified atom stereocenters. The Morgan fingerprint density at radius 1 is 1.26 bits per heavy atom. The molecule has 1 saturated heterocycles. The maximum absolute atomic E-state index is 12.8. The summed E-state index contributed by atoms with van der Waals surface area (Å²) < 4.78 is 30.5. The maximum Gasteiger partial charge on any atom is 0.270 e. The largest absolute Gasteiger partial charge is 0.497 e. The molecule has 0 spiro atoms. The first-order chi connectivity index (χ1) is 16.7. The van der Waals surface area contributed by atoms with Crippen LogP contribution in [0.25, 0.3) is 11.4 Å². The highest BCUT2D eigenvalue weighted by Gasteiger charge is 2.26. The number of piperidine rings is 1. The molecule has 2 aromatic heterocycles. The number of benzene rings is 1. The number of tetrazole rings is 1. The average molecular weight is 500 g/mol. The Hall–Kier alpha value is -3.38. The van der Waals surface area contributed by atoms with E-state index in [1.165, 1.54) is 15.4 Å². The van der Waals surface area contributed by atoms with Gasteiger partial charge in [-0.3, -0.25) is 4.79 Å². The zero-order chi connectivity index (χ0) is 25.0. The second-order valence-electron chi connectivity index (χ2n) is 8.71. The van der Waals surface area contributed by atoms with E-state index in [0.29, 0.717) is 43.3 Å². The molecule has 11 nitrogen and oxygen atoms in total. The lowest BCUT2D eigenvalue weighted by Gasteiger charge is -2.30. The van der Waals surface area contributed by atoms with Crippen LogP contribution in [0.3, 0.4) is 0 Å². The number of hydrogen-bond acceptors (Lipinski definition) is 8. The van der Waals surface area contributed by atoms with Crippen molar-refractivity contribution >= 4 is 15.9 Å². The molecule has 1 aliphatic heterocycles. The fourth-order valence-electron chi connectivity index (χ4n) is 4.11. The summed E-state index contributed by atoms with van der Waals surface area (Å²) in [6, 6.07) is 10.9. The van der Waals surface area contributed by atoms with Gasteiger partial charge in [0.25, 0.3) is 5.91 Å². The predicted molar refractivity (Wildman–Crippen MR) is 129 cm³/mol. The van der Waals surface area contributed by atoms with E-state index in [1.54, 1.807) is 26.2 Å². The highest BCUT2D eigenvalue weighted by Crippen LogP contribution is 2.21. The molecule has 0 aliphatic carbocycles. The maximum atomic E-state index is 12.8. The van der Waals surface area contributed by atoms with E-state index >= 15 is 0 Å². The van der Waals surface area contributed by atoms with Crippen LogP contribution < -0.4 is 10.1 Å². The summed E-state index contributed by atoms with van der Waals surface area (Å²) in [6.45, 7) is 3.60. The first-order valence-electron chi connectivity index (χ1n) is 11.3. The van der Waals surface area contributed by atoms with Gasteiger partial charge in [0.15, 0.2) is 0 Å². The van der Waals surface area contributed by atoms with Gasteiger partial charge in [-0.05, 0) is 60.7 Å². The minimum atomic E-state index is -3.22. The molecule has 1 aliphatic rings. The number of nitrogens with zero attached hydrogens (tertiary/aromatic N) is 6. The summed E-state index contributed by atoms with van der Waals surface area (Å²) >= 11 is 0. The minimum Gasteiger partial charge on any atom is -0.497 e. The van der Waals surface area contributed by atoms with Gasteiger partial charge >= 0.3 is 0 Å². The predicted octanol–water partition coefficient (Wildman–Crippen LogP) is 1.65. The summed E-state index contributed by atoms with van der Waals surface area (Å²) in [5.41, 5.74) is 2.46. The second kappa shape index (κ2) is 10.5. The van der Waals surface area contributed by atoms with Crippen molar-refractivity contribution in [3.05, 3.63) is 53.3 Å². The number of hydrogen-bond donors (Lipinski definition) is 1. The molecule has 3 aromatic rings. The fourth-order valence-corrected chi connectivity index (χ4v) is 5.06. The van der Waals surface area contributed by atoms with Gasteiger partial charge in [0.05, 0.1) is 19.9 Å². The fraction of sp³-hybridized carbons (Fsp3) is 0.435. The van der Waals surface area contributed by atoms with Gasteiger partial charge in [-0.25, -0.2) is 17.7 Å². The average Bonchev–Trinajstić information content (AvgIpc) is 3.30. The van der Waals surface area contributed by atoms with Gasteiger partial charge in [-0.1, -0.05) is 12.1 Å². The third-order valence-electron chi connectivity index (χ3n) is 5.86. The van der Waals surface area contributed by atoms with Crippen molar-refractivity contribution in [1.82, 2.24) is 34.8 Å². The third kappa shape index (κ3) is 6.40. The standard InChI is InChI=1S/C23H29N7O4S/c1-16-10-19(12-21(25-16)23(31)24-13-17-6-4-8-20(11-17)34-2)22-26-28-30(27-22)15-18-7-5-9-29(14-18)35(3,32)33/h4,6,8,10-12,18H,5,7,9,13-15H2,1-3H3,(H,24,31). The molecule has 35 heavy (non-hydrogen) atoms. The van der Waals surface area contributed by atoms with Crippen molar-refractivity contribution in [2.75, 3.05) is 26.5 Å². The molecule has 12 heteroatoms. The number of aryl methyl sites for hydroxylation is 1. The summed E-state index contributed by atoms with van der Waals surface area (Å²) in [5, 5.41) is 15.6. The molecule has 1 fully saturated rings. The number of methoxy groups -OCH3 is 1. The van der Waals surface area contributed by atoms with Crippen molar-refractivity contribution in [3.63, 3.8) is 0 Å².